The zero-order valence-electron chi connectivity index (χ0n) is 13.0. The summed E-state index contributed by atoms with van der Waals surface area (Å²) >= 11 is 0. The number of hydrogen-bond donors (Lipinski definition) is 0. The van der Waals surface area contributed by atoms with Gasteiger partial charge in [-0.3, -0.25) is 13.9 Å². The molecule has 1 amide bonds. The lowest BCUT2D eigenvalue weighted by Crippen LogP contribution is -2.30. The Kier molecular flexibility index (Phi) is 5.18. The third-order valence-corrected chi connectivity index (χ3v) is 4.85. The van der Waals surface area contributed by atoms with Crippen molar-refractivity contribution in [2.24, 2.45) is 0 Å². The van der Waals surface area contributed by atoms with Crippen LogP contribution < -0.4 is 4.90 Å². The fourth-order valence-electron chi connectivity index (χ4n) is 2.42. The van der Waals surface area contributed by atoms with Crippen LogP contribution in [0.2, 0.25) is 0 Å². The molecule has 3 rings (SSSR count). The molecular weight excluding hydrogens is 318 g/mol. The van der Waals surface area contributed by atoms with E-state index in [9.17, 15) is 9.00 Å². The maximum Gasteiger partial charge on any atom is 0.244 e. The number of para-hydroxylation sites is 2. The monoisotopic (exact) mass is 335 g/mol. The molecule has 1 atom stereocenters. The lowest BCUT2D eigenvalue weighted by atomic mass is 10.2. The van der Waals surface area contributed by atoms with Crippen LogP contribution in [0, 0.1) is 0 Å². The van der Waals surface area contributed by atoms with Crippen LogP contribution in [0.25, 0.3) is 0 Å². The van der Waals surface area contributed by atoms with Crippen LogP contribution in [0.1, 0.15) is 0 Å². The zero-order valence-corrected chi connectivity index (χ0v) is 13.9. The minimum absolute atomic E-state index is 0.0617. The van der Waals surface area contributed by atoms with E-state index in [-0.39, 0.29) is 11.7 Å². The van der Waals surface area contributed by atoms with Crippen LogP contribution in [-0.2, 0) is 15.6 Å². The molecule has 0 aliphatic carbocycles. The van der Waals surface area contributed by atoms with Gasteiger partial charge in [0.1, 0.15) is 5.75 Å². The van der Waals surface area contributed by atoms with Crippen molar-refractivity contribution in [2.75, 3.05) is 10.7 Å². The Morgan fingerprint density at radius 3 is 1.58 bits per heavy atom. The maximum atomic E-state index is 12.9. The number of carbonyl (C=O) groups excluding carboxylic acids is 1. The highest BCUT2D eigenvalue weighted by Crippen LogP contribution is 2.25. The van der Waals surface area contributed by atoms with Crippen molar-refractivity contribution >= 4 is 28.1 Å². The molecule has 0 saturated heterocycles. The second kappa shape index (κ2) is 7.70. The van der Waals surface area contributed by atoms with Gasteiger partial charge in [-0.25, -0.2) is 0 Å². The van der Waals surface area contributed by atoms with Gasteiger partial charge < -0.3 is 0 Å². The van der Waals surface area contributed by atoms with Crippen molar-refractivity contribution in [2.45, 2.75) is 4.90 Å². The lowest BCUT2D eigenvalue weighted by Gasteiger charge is -2.23. The molecule has 0 aromatic heterocycles. The fraction of sp³-hybridized carbons (Fsp3) is 0.0500. The maximum absolute atomic E-state index is 12.9. The molecule has 3 aromatic carbocycles. The Hall–Kier alpha value is -2.72. The molecule has 0 saturated carbocycles. The molecule has 3 nitrogen and oxygen atoms in total. The standard InChI is InChI=1S/C20H17NO2S/c22-20(16-24(23)19-14-8-3-9-15-19)21(17-10-4-1-5-11-17)18-12-6-2-7-13-18/h1-15H,16H2. The van der Waals surface area contributed by atoms with E-state index in [0.717, 1.165) is 11.4 Å². The normalized spacial score (nSPS) is 11.7. The van der Waals surface area contributed by atoms with Crippen LogP contribution in [0.3, 0.4) is 0 Å². The van der Waals surface area contributed by atoms with Gasteiger partial charge in [-0.2, -0.15) is 0 Å². The average Bonchev–Trinajstić information content (AvgIpc) is 2.64. The summed E-state index contributed by atoms with van der Waals surface area (Å²) in [6.07, 6.45) is 0. The van der Waals surface area contributed by atoms with E-state index < -0.39 is 10.8 Å². The predicted molar refractivity (Wildman–Crippen MR) is 97.7 cm³/mol. The van der Waals surface area contributed by atoms with E-state index in [4.69, 9.17) is 0 Å². The highest BCUT2D eigenvalue weighted by Gasteiger charge is 2.20. The van der Waals surface area contributed by atoms with Crippen molar-refractivity contribution in [1.29, 1.82) is 0 Å². The molecule has 120 valence electrons. The molecule has 0 radical (unpaired) electrons. The molecule has 24 heavy (non-hydrogen) atoms. The summed E-state index contributed by atoms with van der Waals surface area (Å²) in [5.41, 5.74) is 1.53. The van der Waals surface area contributed by atoms with E-state index >= 15 is 0 Å². The van der Waals surface area contributed by atoms with Crippen LogP contribution in [0.4, 0.5) is 11.4 Å². The van der Waals surface area contributed by atoms with Gasteiger partial charge in [-0.15, -0.1) is 0 Å². The molecule has 0 aliphatic rings. The van der Waals surface area contributed by atoms with Crippen LogP contribution in [0.5, 0.6) is 0 Å². The van der Waals surface area contributed by atoms with Crippen LogP contribution >= 0.6 is 0 Å². The SMILES string of the molecule is O=C(CS(=O)c1ccccc1)N(c1ccccc1)c1ccccc1. The Morgan fingerprint density at radius 2 is 1.12 bits per heavy atom. The number of rotatable bonds is 5. The summed E-state index contributed by atoms with van der Waals surface area (Å²) in [5, 5.41) is 0. The molecule has 1 unspecified atom stereocenters. The van der Waals surface area contributed by atoms with Gasteiger partial charge in [0, 0.05) is 16.3 Å². The zero-order chi connectivity index (χ0) is 16.8. The lowest BCUT2D eigenvalue weighted by molar-refractivity contribution is -0.115. The molecule has 0 heterocycles. The Bertz CT molecular complexity index is 781. The van der Waals surface area contributed by atoms with E-state index in [0.29, 0.717) is 4.90 Å². The number of nitrogens with zero attached hydrogens (tertiary/aromatic N) is 1. The van der Waals surface area contributed by atoms with Gasteiger partial charge in [-0.05, 0) is 36.4 Å². The van der Waals surface area contributed by atoms with Crippen molar-refractivity contribution in [1.82, 2.24) is 0 Å². The van der Waals surface area contributed by atoms with Gasteiger partial charge in [0.15, 0.2) is 0 Å². The Morgan fingerprint density at radius 1 is 0.708 bits per heavy atom. The van der Waals surface area contributed by atoms with Gasteiger partial charge in [0.05, 0.1) is 10.8 Å². The summed E-state index contributed by atoms with van der Waals surface area (Å²) in [4.78, 5) is 15.1. The third kappa shape index (κ3) is 3.78. The second-order valence-corrected chi connectivity index (χ2v) is 6.65. The number of anilines is 2. The number of benzene rings is 3. The van der Waals surface area contributed by atoms with Crippen molar-refractivity contribution < 1.29 is 9.00 Å². The van der Waals surface area contributed by atoms with E-state index in [2.05, 4.69) is 0 Å². The quantitative estimate of drug-likeness (QED) is 0.702. The average molecular weight is 335 g/mol. The highest BCUT2D eigenvalue weighted by atomic mass is 32.2. The van der Waals surface area contributed by atoms with Crippen molar-refractivity contribution in [3.8, 4) is 0 Å². The predicted octanol–water partition coefficient (Wildman–Crippen LogP) is 4.16. The van der Waals surface area contributed by atoms with Gasteiger partial charge >= 0.3 is 0 Å². The first-order valence-electron chi connectivity index (χ1n) is 7.62. The first-order valence-corrected chi connectivity index (χ1v) is 8.94. The molecular formula is C20H17NO2S. The number of hydrogen-bond acceptors (Lipinski definition) is 2. The Balaban J connectivity index is 1.89. The van der Waals surface area contributed by atoms with Gasteiger partial charge in [0.2, 0.25) is 5.91 Å². The molecule has 3 aromatic rings. The van der Waals surface area contributed by atoms with Crippen LogP contribution in [0.15, 0.2) is 95.9 Å². The summed E-state index contributed by atoms with van der Waals surface area (Å²) < 4.78 is 12.5. The molecule has 0 bridgehead atoms. The molecule has 0 aliphatic heterocycles. The topological polar surface area (TPSA) is 37.4 Å². The first-order chi connectivity index (χ1) is 11.8. The highest BCUT2D eigenvalue weighted by molar-refractivity contribution is 7.85. The number of carbonyl (C=O) groups is 1. The van der Waals surface area contributed by atoms with E-state index in [1.165, 1.54) is 0 Å². The van der Waals surface area contributed by atoms with Crippen molar-refractivity contribution in [3.05, 3.63) is 91.0 Å². The molecule has 0 spiro atoms. The largest absolute Gasteiger partial charge is 0.280 e. The first kappa shape index (κ1) is 16.1. The Labute approximate surface area is 144 Å². The van der Waals surface area contributed by atoms with E-state index in [1.54, 1.807) is 17.0 Å². The second-order valence-electron chi connectivity index (χ2n) is 5.20. The summed E-state index contributed by atoms with van der Waals surface area (Å²) in [5.74, 6) is -0.261. The van der Waals surface area contributed by atoms with Crippen LogP contribution in [-0.4, -0.2) is 15.9 Å². The van der Waals surface area contributed by atoms with E-state index in [1.807, 2.05) is 78.9 Å². The molecule has 4 heteroatoms. The molecule has 0 N–H and O–H groups in total. The summed E-state index contributed by atoms with van der Waals surface area (Å²) in [6.45, 7) is 0. The fourth-order valence-corrected chi connectivity index (χ4v) is 3.40. The summed E-state index contributed by atoms with van der Waals surface area (Å²) in [7, 11) is -1.37. The van der Waals surface area contributed by atoms with Crippen molar-refractivity contribution in [3.63, 3.8) is 0 Å². The third-order valence-electron chi connectivity index (χ3n) is 3.54. The molecule has 0 fully saturated rings. The van der Waals surface area contributed by atoms with Gasteiger partial charge in [0.25, 0.3) is 0 Å². The minimum Gasteiger partial charge on any atom is -0.280 e. The summed E-state index contributed by atoms with van der Waals surface area (Å²) in [6, 6.07) is 27.9. The smallest absolute Gasteiger partial charge is 0.244 e. The van der Waals surface area contributed by atoms with Gasteiger partial charge in [-0.1, -0.05) is 54.6 Å². The number of amides is 1. The minimum atomic E-state index is -1.37.